The molecule has 0 aliphatic heterocycles. The van der Waals surface area contributed by atoms with Crippen molar-refractivity contribution in [3.05, 3.63) is 22.7 Å². The second-order valence-electron chi connectivity index (χ2n) is 5.03. The van der Waals surface area contributed by atoms with E-state index in [1.54, 1.807) is 13.1 Å². The number of nitrogens with zero attached hydrogens (tertiary/aromatic N) is 1. The molecule has 0 bridgehead atoms. The Morgan fingerprint density at radius 1 is 1.45 bits per heavy atom. The third-order valence-corrected chi connectivity index (χ3v) is 5.47. The van der Waals surface area contributed by atoms with Crippen LogP contribution in [0, 0.1) is 5.92 Å². The van der Waals surface area contributed by atoms with Crippen LogP contribution in [-0.4, -0.2) is 33.4 Å². The average molecular weight is 319 g/mol. The van der Waals surface area contributed by atoms with Gasteiger partial charge in [-0.3, -0.25) is 0 Å². The van der Waals surface area contributed by atoms with Crippen LogP contribution >= 0.6 is 11.6 Å². The lowest BCUT2D eigenvalue weighted by atomic mass is 10.2. The minimum Gasteiger partial charge on any atom is -0.495 e. The van der Waals surface area contributed by atoms with Crippen LogP contribution in [0.25, 0.3) is 0 Å². The lowest BCUT2D eigenvalue weighted by Crippen LogP contribution is -2.29. The normalized spacial score (nSPS) is 15.7. The van der Waals surface area contributed by atoms with Gasteiger partial charge in [-0.25, -0.2) is 12.7 Å². The van der Waals surface area contributed by atoms with Crippen molar-refractivity contribution in [2.75, 3.05) is 20.7 Å². The Balaban J connectivity index is 2.46. The fourth-order valence-corrected chi connectivity index (χ4v) is 3.90. The van der Waals surface area contributed by atoms with Gasteiger partial charge in [-0.05, 0) is 30.9 Å². The summed E-state index contributed by atoms with van der Waals surface area (Å²) in [6, 6.07) is 3.04. The van der Waals surface area contributed by atoms with E-state index in [1.165, 1.54) is 17.5 Å². The molecule has 0 unspecified atom stereocenters. The van der Waals surface area contributed by atoms with E-state index >= 15 is 0 Å². The molecule has 1 aliphatic rings. The fraction of sp³-hybridized carbons (Fsp3) is 0.538. The van der Waals surface area contributed by atoms with Crippen LogP contribution < -0.4 is 10.5 Å². The highest BCUT2D eigenvalue weighted by atomic mass is 35.5. The number of sulfonamides is 1. The highest BCUT2D eigenvalue weighted by Gasteiger charge is 2.31. The maximum atomic E-state index is 12.6. The first-order valence-corrected chi connectivity index (χ1v) is 8.24. The summed E-state index contributed by atoms with van der Waals surface area (Å²) in [5.74, 6) is 0.744. The summed E-state index contributed by atoms with van der Waals surface area (Å²) in [7, 11) is -0.611. The molecule has 20 heavy (non-hydrogen) atoms. The van der Waals surface area contributed by atoms with Gasteiger partial charge < -0.3 is 10.5 Å². The van der Waals surface area contributed by atoms with Crippen molar-refractivity contribution in [2.24, 2.45) is 11.7 Å². The van der Waals surface area contributed by atoms with Crippen LogP contribution in [0.15, 0.2) is 17.0 Å². The topological polar surface area (TPSA) is 72.6 Å². The third-order valence-electron chi connectivity index (χ3n) is 3.42. The average Bonchev–Trinajstić information content (AvgIpc) is 3.21. The number of hydrogen-bond donors (Lipinski definition) is 1. The summed E-state index contributed by atoms with van der Waals surface area (Å²) in [4.78, 5) is 0.0797. The van der Waals surface area contributed by atoms with Crippen LogP contribution in [-0.2, 0) is 16.6 Å². The summed E-state index contributed by atoms with van der Waals surface area (Å²) in [5, 5.41) is 0.338. The monoisotopic (exact) mass is 318 g/mol. The SMILES string of the molecule is COc1c(CN)cc(Cl)cc1S(=O)(=O)N(C)CC1CC1. The highest BCUT2D eigenvalue weighted by molar-refractivity contribution is 7.89. The van der Waals surface area contributed by atoms with E-state index in [4.69, 9.17) is 22.1 Å². The zero-order chi connectivity index (χ0) is 14.9. The Kier molecular flexibility index (Phi) is 4.59. The quantitative estimate of drug-likeness (QED) is 0.868. The number of nitrogens with two attached hydrogens (primary N) is 1. The van der Waals surface area contributed by atoms with E-state index in [9.17, 15) is 8.42 Å². The number of benzene rings is 1. The van der Waals surface area contributed by atoms with E-state index in [1.807, 2.05) is 0 Å². The van der Waals surface area contributed by atoms with Gasteiger partial charge in [0.05, 0.1) is 7.11 Å². The second-order valence-corrected chi connectivity index (χ2v) is 7.48. The van der Waals surface area contributed by atoms with Gasteiger partial charge >= 0.3 is 0 Å². The molecule has 1 aromatic carbocycles. The van der Waals surface area contributed by atoms with Crippen molar-refractivity contribution >= 4 is 21.6 Å². The first kappa shape index (κ1) is 15.6. The molecule has 0 heterocycles. The van der Waals surface area contributed by atoms with Crippen molar-refractivity contribution in [1.82, 2.24) is 4.31 Å². The Bertz CT molecular complexity index is 600. The lowest BCUT2D eigenvalue weighted by molar-refractivity contribution is 0.392. The predicted molar refractivity (Wildman–Crippen MR) is 78.4 cm³/mol. The predicted octanol–water partition coefficient (Wildman–Crippen LogP) is 1.84. The van der Waals surface area contributed by atoms with E-state index in [0.29, 0.717) is 23.0 Å². The molecule has 1 fully saturated rings. The first-order chi connectivity index (χ1) is 9.40. The maximum absolute atomic E-state index is 12.6. The van der Waals surface area contributed by atoms with Gasteiger partial charge in [0.25, 0.3) is 0 Å². The molecule has 0 saturated heterocycles. The van der Waals surface area contributed by atoms with Crippen LogP contribution in [0.2, 0.25) is 5.02 Å². The zero-order valence-electron chi connectivity index (χ0n) is 11.6. The molecule has 2 N–H and O–H groups in total. The van der Waals surface area contributed by atoms with Gasteiger partial charge in [0.2, 0.25) is 10.0 Å². The fourth-order valence-electron chi connectivity index (χ4n) is 2.13. The minimum absolute atomic E-state index is 0.0797. The van der Waals surface area contributed by atoms with E-state index < -0.39 is 10.0 Å². The molecule has 1 saturated carbocycles. The molecule has 0 spiro atoms. The number of hydrogen-bond acceptors (Lipinski definition) is 4. The largest absolute Gasteiger partial charge is 0.495 e. The Labute approximate surface area is 124 Å². The van der Waals surface area contributed by atoms with Crippen LogP contribution in [0.4, 0.5) is 0 Å². The molecule has 2 rings (SSSR count). The van der Waals surface area contributed by atoms with Gasteiger partial charge in [-0.1, -0.05) is 11.6 Å². The van der Waals surface area contributed by atoms with Crippen molar-refractivity contribution in [2.45, 2.75) is 24.3 Å². The van der Waals surface area contributed by atoms with E-state index in [-0.39, 0.29) is 17.2 Å². The Morgan fingerprint density at radius 3 is 2.60 bits per heavy atom. The molecular formula is C13H19ClN2O3S. The van der Waals surface area contributed by atoms with Gasteiger partial charge in [0.15, 0.2) is 0 Å². The van der Waals surface area contributed by atoms with Crippen molar-refractivity contribution in [3.8, 4) is 5.75 Å². The number of halogens is 1. The van der Waals surface area contributed by atoms with Crippen molar-refractivity contribution in [3.63, 3.8) is 0 Å². The van der Waals surface area contributed by atoms with Gasteiger partial charge in [0, 0.05) is 30.7 Å². The number of methoxy groups -OCH3 is 1. The zero-order valence-corrected chi connectivity index (χ0v) is 13.2. The molecule has 1 aliphatic carbocycles. The highest BCUT2D eigenvalue weighted by Crippen LogP contribution is 2.35. The maximum Gasteiger partial charge on any atom is 0.246 e. The van der Waals surface area contributed by atoms with Crippen LogP contribution in [0.5, 0.6) is 5.75 Å². The standard InChI is InChI=1S/C13H19ClN2O3S/c1-16(8-9-3-4-9)20(17,18)12-6-11(14)5-10(7-15)13(12)19-2/h5-6,9H,3-4,7-8,15H2,1-2H3. The first-order valence-electron chi connectivity index (χ1n) is 6.43. The molecule has 0 aromatic heterocycles. The van der Waals surface area contributed by atoms with Crippen molar-refractivity contribution < 1.29 is 13.2 Å². The summed E-state index contributed by atoms with van der Waals surface area (Å²) in [6.07, 6.45) is 2.17. The van der Waals surface area contributed by atoms with Gasteiger partial charge in [0.1, 0.15) is 10.6 Å². The molecule has 112 valence electrons. The van der Waals surface area contributed by atoms with Gasteiger partial charge in [-0.15, -0.1) is 0 Å². The van der Waals surface area contributed by atoms with Crippen LogP contribution in [0.1, 0.15) is 18.4 Å². The molecule has 0 radical (unpaired) electrons. The molecule has 5 nitrogen and oxygen atoms in total. The third kappa shape index (κ3) is 3.09. The van der Waals surface area contributed by atoms with E-state index in [0.717, 1.165) is 12.8 Å². The number of rotatable bonds is 6. The van der Waals surface area contributed by atoms with E-state index in [2.05, 4.69) is 0 Å². The number of ether oxygens (including phenoxy) is 1. The molecule has 0 atom stereocenters. The summed E-state index contributed by atoms with van der Waals surface area (Å²) in [5.41, 5.74) is 6.21. The summed E-state index contributed by atoms with van der Waals surface area (Å²) >= 11 is 5.99. The lowest BCUT2D eigenvalue weighted by Gasteiger charge is -2.20. The molecule has 7 heteroatoms. The molecule has 0 amide bonds. The Hall–Kier alpha value is -0.820. The summed E-state index contributed by atoms with van der Waals surface area (Å²) < 4.78 is 31.9. The smallest absolute Gasteiger partial charge is 0.246 e. The second kappa shape index (κ2) is 5.89. The molecular weight excluding hydrogens is 300 g/mol. The van der Waals surface area contributed by atoms with Gasteiger partial charge in [-0.2, -0.15) is 0 Å². The van der Waals surface area contributed by atoms with Crippen molar-refractivity contribution in [1.29, 1.82) is 0 Å². The summed E-state index contributed by atoms with van der Waals surface area (Å²) in [6.45, 7) is 0.689. The van der Waals surface area contributed by atoms with Crippen LogP contribution in [0.3, 0.4) is 0 Å². The minimum atomic E-state index is -3.62. The Morgan fingerprint density at radius 2 is 2.10 bits per heavy atom. The molecule has 1 aromatic rings.